The quantitative estimate of drug-likeness (QED) is 0.639. The molecule has 0 aliphatic carbocycles. The van der Waals surface area contributed by atoms with Crippen LogP contribution in [0, 0.1) is 0 Å². The number of benzene rings is 2. The zero-order chi connectivity index (χ0) is 19.8. The molecule has 2 aromatic carbocycles. The van der Waals surface area contributed by atoms with E-state index in [0.717, 1.165) is 0 Å². The van der Waals surface area contributed by atoms with E-state index in [1.54, 1.807) is 55.6 Å². The van der Waals surface area contributed by atoms with Crippen LogP contribution in [0.2, 0.25) is 10.0 Å². The summed E-state index contributed by atoms with van der Waals surface area (Å²) in [5.74, 6) is -1.28. The van der Waals surface area contributed by atoms with Gasteiger partial charge >= 0.3 is 0 Å². The van der Waals surface area contributed by atoms with Crippen LogP contribution < -0.4 is 16.2 Å². The van der Waals surface area contributed by atoms with E-state index in [4.69, 9.17) is 23.2 Å². The number of carbonyl (C=O) groups excluding carboxylic acids is 3. The molecule has 0 aliphatic rings. The highest BCUT2D eigenvalue weighted by molar-refractivity contribution is 6.39. The van der Waals surface area contributed by atoms with Crippen molar-refractivity contribution < 1.29 is 14.4 Å². The minimum absolute atomic E-state index is 0.0679. The Hall–Kier alpha value is -2.61. The molecule has 0 bridgehead atoms. The molecule has 3 amide bonds. The molecule has 7 nitrogen and oxygen atoms in total. The monoisotopic (exact) mass is 408 g/mol. The average Bonchev–Trinajstić information content (AvgIpc) is 2.63. The highest BCUT2D eigenvalue weighted by Crippen LogP contribution is 2.29. The van der Waals surface area contributed by atoms with Crippen LogP contribution in [0.4, 0.5) is 5.69 Å². The lowest BCUT2D eigenvalue weighted by atomic mass is 10.2. The maximum atomic E-state index is 12.1. The molecule has 0 saturated carbocycles. The second kappa shape index (κ2) is 9.91. The molecule has 27 heavy (non-hydrogen) atoms. The van der Waals surface area contributed by atoms with Crippen LogP contribution in [-0.2, 0) is 9.59 Å². The molecule has 2 aromatic rings. The maximum Gasteiger partial charge on any atom is 0.269 e. The third kappa shape index (κ3) is 6.56. The van der Waals surface area contributed by atoms with Crippen molar-refractivity contribution in [2.45, 2.75) is 0 Å². The first-order valence-electron chi connectivity index (χ1n) is 7.93. The van der Waals surface area contributed by atoms with Gasteiger partial charge in [0.1, 0.15) is 0 Å². The topological polar surface area (TPSA) is 90.5 Å². The van der Waals surface area contributed by atoms with E-state index < -0.39 is 11.8 Å². The van der Waals surface area contributed by atoms with Crippen LogP contribution in [0.15, 0.2) is 48.5 Å². The fourth-order valence-corrected chi connectivity index (χ4v) is 2.66. The van der Waals surface area contributed by atoms with Crippen molar-refractivity contribution in [3.8, 4) is 0 Å². The molecule has 3 N–H and O–H groups in total. The Labute approximate surface area is 166 Å². The summed E-state index contributed by atoms with van der Waals surface area (Å²) in [5.41, 5.74) is 5.35. The molecule has 0 saturated heterocycles. The number of hydrogen-bond donors (Lipinski definition) is 3. The lowest BCUT2D eigenvalue weighted by Crippen LogP contribution is -2.46. The van der Waals surface area contributed by atoms with Crippen molar-refractivity contribution in [1.29, 1.82) is 0 Å². The highest BCUT2D eigenvalue weighted by atomic mass is 35.5. The number of hydrogen-bond acceptors (Lipinski definition) is 4. The number of likely N-dealkylation sites (N-methyl/N-ethyl adjacent to an activating group) is 1. The number of nitrogens with zero attached hydrogens (tertiary/aromatic N) is 1. The van der Waals surface area contributed by atoms with Crippen molar-refractivity contribution in [3.05, 3.63) is 64.1 Å². The van der Waals surface area contributed by atoms with Crippen LogP contribution in [0.3, 0.4) is 0 Å². The fraction of sp³-hybridized carbons (Fsp3) is 0.167. The Morgan fingerprint density at radius 1 is 0.852 bits per heavy atom. The summed E-state index contributed by atoms with van der Waals surface area (Å²) in [6, 6.07) is 13.3. The fourth-order valence-electron chi connectivity index (χ4n) is 2.17. The lowest BCUT2D eigenvalue weighted by molar-refractivity contribution is -0.123. The molecule has 0 radical (unpaired) electrons. The Morgan fingerprint density at radius 2 is 1.44 bits per heavy atom. The predicted octanol–water partition coefficient (Wildman–Crippen LogP) is 2.32. The third-order valence-corrected chi connectivity index (χ3v) is 4.04. The van der Waals surface area contributed by atoms with Gasteiger partial charge in [0.15, 0.2) is 0 Å². The molecule has 0 aromatic heterocycles. The summed E-state index contributed by atoms with van der Waals surface area (Å²) in [7, 11) is 1.59. The van der Waals surface area contributed by atoms with Gasteiger partial charge in [-0.3, -0.25) is 30.1 Å². The molecule has 0 spiro atoms. The normalized spacial score (nSPS) is 10.4. The largest absolute Gasteiger partial charge is 0.322 e. The van der Waals surface area contributed by atoms with Gasteiger partial charge in [0, 0.05) is 5.56 Å². The van der Waals surface area contributed by atoms with Gasteiger partial charge in [-0.2, -0.15) is 0 Å². The zero-order valence-electron chi connectivity index (χ0n) is 14.5. The van der Waals surface area contributed by atoms with Crippen LogP contribution in [0.1, 0.15) is 10.4 Å². The van der Waals surface area contributed by atoms with Gasteiger partial charge < -0.3 is 5.32 Å². The van der Waals surface area contributed by atoms with Crippen LogP contribution in [0.25, 0.3) is 0 Å². The van der Waals surface area contributed by atoms with Gasteiger partial charge in [-0.25, -0.2) is 0 Å². The molecular formula is C18H18Cl2N4O3. The molecule has 0 aliphatic heterocycles. The summed E-state index contributed by atoms with van der Waals surface area (Å²) >= 11 is 12.0. The molecule has 0 atom stereocenters. The number of anilines is 1. The highest BCUT2D eigenvalue weighted by Gasteiger charge is 2.14. The van der Waals surface area contributed by atoms with Crippen LogP contribution in [-0.4, -0.2) is 42.8 Å². The first-order chi connectivity index (χ1) is 12.9. The summed E-state index contributed by atoms with van der Waals surface area (Å²) in [5, 5.41) is 3.25. The van der Waals surface area contributed by atoms with E-state index in [2.05, 4.69) is 16.2 Å². The van der Waals surface area contributed by atoms with E-state index in [-0.39, 0.29) is 19.0 Å². The van der Waals surface area contributed by atoms with Crippen molar-refractivity contribution in [2.75, 3.05) is 25.5 Å². The second-order valence-electron chi connectivity index (χ2n) is 5.69. The Kier molecular flexibility index (Phi) is 7.60. The zero-order valence-corrected chi connectivity index (χ0v) is 16.0. The van der Waals surface area contributed by atoms with E-state index >= 15 is 0 Å². The van der Waals surface area contributed by atoms with Crippen molar-refractivity contribution in [3.63, 3.8) is 0 Å². The average molecular weight is 409 g/mol. The number of carbonyl (C=O) groups is 3. The first kappa shape index (κ1) is 20.7. The van der Waals surface area contributed by atoms with E-state index in [1.165, 1.54) is 4.90 Å². The number of nitrogens with one attached hydrogen (secondary N) is 3. The molecule has 0 fully saturated rings. The minimum atomic E-state index is -0.467. The van der Waals surface area contributed by atoms with Gasteiger partial charge in [0.05, 0.1) is 28.8 Å². The van der Waals surface area contributed by atoms with Gasteiger partial charge in [-0.15, -0.1) is 0 Å². The smallest absolute Gasteiger partial charge is 0.269 e. The molecule has 9 heteroatoms. The van der Waals surface area contributed by atoms with Gasteiger partial charge in [0.2, 0.25) is 5.91 Å². The Balaban J connectivity index is 1.77. The van der Waals surface area contributed by atoms with E-state index in [1.807, 2.05) is 0 Å². The predicted molar refractivity (Wildman–Crippen MR) is 105 cm³/mol. The van der Waals surface area contributed by atoms with E-state index in [0.29, 0.717) is 21.3 Å². The summed E-state index contributed by atoms with van der Waals surface area (Å²) in [6.07, 6.45) is 0. The third-order valence-electron chi connectivity index (χ3n) is 3.41. The van der Waals surface area contributed by atoms with Gasteiger partial charge in [0.25, 0.3) is 11.8 Å². The Bertz CT molecular complexity index is 810. The summed E-state index contributed by atoms with van der Waals surface area (Å²) in [4.78, 5) is 37.3. The second-order valence-corrected chi connectivity index (χ2v) is 6.50. The molecule has 142 valence electrons. The van der Waals surface area contributed by atoms with E-state index in [9.17, 15) is 14.4 Å². The number of para-hydroxylation sites is 1. The number of halogens is 2. The van der Waals surface area contributed by atoms with Gasteiger partial charge in [-0.1, -0.05) is 47.5 Å². The number of hydrazine groups is 1. The van der Waals surface area contributed by atoms with Crippen molar-refractivity contribution >= 4 is 46.6 Å². The van der Waals surface area contributed by atoms with Crippen molar-refractivity contribution in [2.24, 2.45) is 0 Å². The number of rotatable bonds is 6. The van der Waals surface area contributed by atoms with Crippen LogP contribution >= 0.6 is 23.2 Å². The SMILES string of the molecule is CN(CC(=O)NNC(=O)c1ccccc1)CC(=O)Nc1c(Cl)cccc1Cl. The molecule has 0 unspecified atom stereocenters. The van der Waals surface area contributed by atoms with Gasteiger partial charge in [-0.05, 0) is 31.3 Å². The molecule has 0 heterocycles. The molecule has 2 rings (SSSR count). The van der Waals surface area contributed by atoms with Crippen molar-refractivity contribution in [1.82, 2.24) is 15.8 Å². The first-order valence-corrected chi connectivity index (χ1v) is 8.69. The maximum absolute atomic E-state index is 12.1. The summed E-state index contributed by atoms with van der Waals surface area (Å²) < 4.78 is 0. The standard InChI is InChI=1S/C18H18Cl2N4O3/c1-24(10-15(25)21-17-13(19)8-5-9-14(17)20)11-16(26)22-23-18(27)12-6-3-2-4-7-12/h2-9H,10-11H2,1H3,(H,21,25)(H,22,26)(H,23,27). The Morgan fingerprint density at radius 3 is 2.07 bits per heavy atom. The summed E-state index contributed by atoms with van der Waals surface area (Å²) in [6.45, 7) is -0.166. The number of amides is 3. The molecular weight excluding hydrogens is 391 g/mol. The minimum Gasteiger partial charge on any atom is -0.322 e. The lowest BCUT2D eigenvalue weighted by Gasteiger charge is -2.17. The van der Waals surface area contributed by atoms with Crippen LogP contribution in [0.5, 0.6) is 0 Å².